The van der Waals surface area contributed by atoms with Crippen LogP contribution in [-0.2, 0) is 12.8 Å². The summed E-state index contributed by atoms with van der Waals surface area (Å²) >= 11 is 0. The summed E-state index contributed by atoms with van der Waals surface area (Å²) in [5, 5.41) is 0. The van der Waals surface area contributed by atoms with Crippen molar-refractivity contribution in [3.8, 4) is 30.4 Å². The lowest BCUT2D eigenvalue weighted by Gasteiger charge is -2.33. The van der Waals surface area contributed by atoms with E-state index in [1.165, 1.54) is 11.1 Å². The van der Waals surface area contributed by atoms with Crippen LogP contribution in [0.5, 0.6) is 5.75 Å². The average Bonchev–Trinajstić information content (AvgIpc) is 2.46. The van der Waals surface area contributed by atoms with E-state index >= 15 is 0 Å². The second kappa shape index (κ2) is 7.85. The van der Waals surface area contributed by atoms with Gasteiger partial charge in [-0.2, -0.15) is 0 Å². The lowest BCUT2D eigenvalue weighted by molar-refractivity contribution is 0.224. The van der Waals surface area contributed by atoms with Crippen molar-refractivity contribution >= 4 is 12.4 Å². The van der Waals surface area contributed by atoms with E-state index in [4.69, 9.17) is 17.6 Å². The van der Waals surface area contributed by atoms with Gasteiger partial charge in [0.05, 0.1) is 20.2 Å². The molecule has 106 valence electrons. The van der Waals surface area contributed by atoms with Gasteiger partial charge in [-0.25, -0.2) is 0 Å². The van der Waals surface area contributed by atoms with Gasteiger partial charge in [-0.3, -0.25) is 4.90 Å². The van der Waals surface area contributed by atoms with Crippen LogP contribution in [-0.4, -0.2) is 31.1 Å². The number of fused-ring (bicyclic) bond motifs is 1. The molecule has 1 aliphatic carbocycles. The van der Waals surface area contributed by atoms with Crippen molar-refractivity contribution in [2.75, 3.05) is 20.2 Å². The van der Waals surface area contributed by atoms with E-state index < -0.39 is 0 Å². The molecule has 0 spiro atoms. The highest BCUT2D eigenvalue weighted by atomic mass is 35.5. The van der Waals surface area contributed by atoms with Crippen LogP contribution in [0.2, 0.25) is 0 Å². The molecule has 0 saturated heterocycles. The van der Waals surface area contributed by atoms with E-state index in [-0.39, 0.29) is 12.4 Å². The van der Waals surface area contributed by atoms with E-state index in [9.17, 15) is 0 Å². The molecule has 0 N–H and O–H groups in total. The summed E-state index contributed by atoms with van der Waals surface area (Å²) in [6.45, 7) is 1.22. The first-order chi connectivity index (χ1) is 9.30. The monoisotopic (exact) mass is 289 g/mol. The molecule has 0 aromatic heterocycles. The Morgan fingerprint density at radius 3 is 2.60 bits per heavy atom. The first kappa shape index (κ1) is 16.4. The van der Waals surface area contributed by atoms with Gasteiger partial charge in [-0.15, -0.1) is 25.3 Å². The third kappa shape index (κ3) is 3.48. The SMILES string of the molecule is C#CCN(CC#C)C1CCc2cccc(OC)c2C1.Cl. The van der Waals surface area contributed by atoms with E-state index in [2.05, 4.69) is 28.9 Å². The Balaban J connectivity index is 0.00000200. The molecular weight excluding hydrogens is 270 g/mol. The molecule has 1 aromatic rings. The van der Waals surface area contributed by atoms with Crippen LogP contribution in [0.3, 0.4) is 0 Å². The van der Waals surface area contributed by atoms with Crippen LogP contribution in [0.15, 0.2) is 18.2 Å². The van der Waals surface area contributed by atoms with Crippen LogP contribution in [0.1, 0.15) is 17.5 Å². The first-order valence-corrected chi connectivity index (χ1v) is 6.56. The Labute approximate surface area is 127 Å². The normalized spacial score (nSPS) is 16.5. The molecular formula is C17H20ClNO. The molecule has 0 fully saturated rings. The first-order valence-electron chi connectivity index (χ1n) is 6.56. The highest BCUT2D eigenvalue weighted by Gasteiger charge is 2.25. The molecule has 1 aliphatic rings. The van der Waals surface area contributed by atoms with Gasteiger partial charge >= 0.3 is 0 Å². The van der Waals surface area contributed by atoms with E-state index in [1.807, 2.05) is 6.07 Å². The molecule has 1 aromatic carbocycles. The summed E-state index contributed by atoms with van der Waals surface area (Å²) in [6.07, 6.45) is 14.0. The third-order valence-corrected chi connectivity index (χ3v) is 3.74. The number of aryl methyl sites for hydroxylation is 1. The van der Waals surface area contributed by atoms with Crippen LogP contribution < -0.4 is 4.74 Å². The van der Waals surface area contributed by atoms with Gasteiger partial charge in [-0.05, 0) is 36.5 Å². The summed E-state index contributed by atoms with van der Waals surface area (Å²) < 4.78 is 5.46. The number of nitrogens with zero attached hydrogens (tertiary/aromatic N) is 1. The van der Waals surface area contributed by atoms with E-state index in [1.54, 1.807) is 7.11 Å². The second-order valence-electron chi connectivity index (χ2n) is 4.81. The molecule has 2 rings (SSSR count). The summed E-state index contributed by atoms with van der Waals surface area (Å²) in [6, 6.07) is 6.67. The predicted molar refractivity (Wildman–Crippen MR) is 85.3 cm³/mol. The number of benzene rings is 1. The van der Waals surface area contributed by atoms with E-state index in [0.29, 0.717) is 19.1 Å². The highest BCUT2D eigenvalue weighted by molar-refractivity contribution is 5.85. The topological polar surface area (TPSA) is 12.5 Å². The standard InChI is InChI=1S/C17H19NO.ClH/c1-4-11-18(12-5-2)15-10-9-14-7-6-8-17(19-3)16(14)13-15;/h1-2,6-8,15H,9-13H2,3H3;1H. The van der Waals surface area contributed by atoms with Gasteiger partial charge in [0.15, 0.2) is 0 Å². The Bertz CT molecular complexity index is 497. The predicted octanol–water partition coefficient (Wildman–Crippen LogP) is 2.54. The van der Waals surface area contributed by atoms with Crippen molar-refractivity contribution < 1.29 is 4.74 Å². The van der Waals surface area contributed by atoms with Crippen molar-refractivity contribution in [3.63, 3.8) is 0 Å². The number of methoxy groups -OCH3 is 1. The number of hydrogen-bond acceptors (Lipinski definition) is 2. The van der Waals surface area contributed by atoms with E-state index in [0.717, 1.165) is 25.0 Å². The Morgan fingerprint density at radius 2 is 2.00 bits per heavy atom. The fourth-order valence-corrected chi connectivity index (χ4v) is 2.79. The summed E-state index contributed by atoms with van der Waals surface area (Å²) in [5.74, 6) is 6.38. The van der Waals surface area contributed by atoms with Gasteiger partial charge < -0.3 is 4.74 Å². The molecule has 0 bridgehead atoms. The molecule has 3 heteroatoms. The fourth-order valence-electron chi connectivity index (χ4n) is 2.79. The zero-order chi connectivity index (χ0) is 13.7. The molecule has 0 radical (unpaired) electrons. The van der Waals surface area contributed by atoms with Gasteiger partial charge in [0, 0.05) is 6.04 Å². The summed E-state index contributed by atoms with van der Waals surface area (Å²) in [4.78, 5) is 2.20. The number of ether oxygens (including phenoxy) is 1. The zero-order valence-corrected chi connectivity index (χ0v) is 12.6. The Morgan fingerprint density at radius 1 is 1.30 bits per heavy atom. The lowest BCUT2D eigenvalue weighted by atomic mass is 9.87. The van der Waals surface area contributed by atoms with Crippen LogP contribution in [0, 0.1) is 24.7 Å². The van der Waals surface area contributed by atoms with Gasteiger partial charge in [0.25, 0.3) is 0 Å². The van der Waals surface area contributed by atoms with Gasteiger partial charge in [-0.1, -0.05) is 24.0 Å². The van der Waals surface area contributed by atoms with Crippen molar-refractivity contribution in [2.24, 2.45) is 0 Å². The van der Waals surface area contributed by atoms with Crippen molar-refractivity contribution in [1.29, 1.82) is 0 Å². The molecule has 1 atom stereocenters. The van der Waals surface area contributed by atoms with Gasteiger partial charge in [0.2, 0.25) is 0 Å². The molecule has 1 unspecified atom stereocenters. The Hall–Kier alpha value is -1.61. The van der Waals surface area contributed by atoms with Crippen molar-refractivity contribution in [2.45, 2.75) is 25.3 Å². The fraction of sp³-hybridized carbons (Fsp3) is 0.412. The molecule has 20 heavy (non-hydrogen) atoms. The summed E-state index contributed by atoms with van der Waals surface area (Å²) in [5.41, 5.74) is 2.69. The number of hydrogen-bond donors (Lipinski definition) is 0. The zero-order valence-electron chi connectivity index (χ0n) is 11.8. The number of halogens is 1. The summed E-state index contributed by atoms with van der Waals surface area (Å²) in [7, 11) is 1.72. The average molecular weight is 290 g/mol. The highest BCUT2D eigenvalue weighted by Crippen LogP contribution is 2.31. The molecule has 0 heterocycles. The maximum atomic E-state index is 5.46. The molecule has 0 saturated carbocycles. The molecule has 0 aliphatic heterocycles. The maximum absolute atomic E-state index is 5.46. The molecule has 2 nitrogen and oxygen atoms in total. The van der Waals surface area contributed by atoms with Crippen molar-refractivity contribution in [3.05, 3.63) is 29.3 Å². The minimum atomic E-state index is 0. The lowest BCUT2D eigenvalue weighted by Crippen LogP contribution is -2.40. The number of terminal acetylenes is 2. The van der Waals surface area contributed by atoms with Crippen LogP contribution >= 0.6 is 12.4 Å². The van der Waals surface area contributed by atoms with Gasteiger partial charge in [0.1, 0.15) is 5.75 Å². The largest absolute Gasteiger partial charge is 0.496 e. The number of rotatable bonds is 4. The quantitative estimate of drug-likeness (QED) is 0.790. The second-order valence-corrected chi connectivity index (χ2v) is 4.81. The minimum absolute atomic E-state index is 0. The van der Waals surface area contributed by atoms with Crippen LogP contribution in [0.25, 0.3) is 0 Å². The maximum Gasteiger partial charge on any atom is 0.122 e. The Kier molecular flexibility index (Phi) is 6.46. The smallest absolute Gasteiger partial charge is 0.122 e. The third-order valence-electron chi connectivity index (χ3n) is 3.74. The van der Waals surface area contributed by atoms with Crippen molar-refractivity contribution in [1.82, 2.24) is 4.90 Å². The van der Waals surface area contributed by atoms with Crippen LogP contribution in [0.4, 0.5) is 0 Å². The molecule has 0 amide bonds. The minimum Gasteiger partial charge on any atom is -0.496 e.